The van der Waals surface area contributed by atoms with Crippen LogP contribution in [0.15, 0.2) is 4.63 Å². The molecule has 0 aliphatic heterocycles. The molecule has 0 unspecified atom stereocenters. The minimum Gasteiger partial charge on any atom is -0.390 e. The minimum absolute atomic E-state index is 0.202. The Morgan fingerprint density at radius 1 is 1.23 bits per heavy atom. The van der Waals surface area contributed by atoms with Gasteiger partial charge in [0.1, 0.15) is 0 Å². The second kappa shape index (κ2) is 6.43. The molecule has 122 valence electrons. The van der Waals surface area contributed by atoms with Crippen molar-refractivity contribution in [1.29, 1.82) is 0 Å². The monoisotopic (exact) mass is 308 g/mol. The molecule has 0 fully saturated rings. The lowest BCUT2D eigenvalue weighted by Crippen LogP contribution is -2.23. The van der Waals surface area contributed by atoms with Gasteiger partial charge in [0.15, 0.2) is 11.6 Å². The topological polar surface area (TPSA) is 100 Å². The number of fused-ring (bicyclic) bond motifs is 1. The quantitative estimate of drug-likeness (QED) is 0.799. The van der Waals surface area contributed by atoms with Crippen molar-refractivity contribution >= 4 is 22.9 Å². The standard InChI is InChI=1S/C14H24N6O2/c1-9(7-6-8-14(2,3)21)15-12-13(20(4)5)17-11-10(16-12)18-22-19-11/h9,21H,6-8H2,1-5H3,(H,15,16,18)/t9-/m0/s1. The van der Waals surface area contributed by atoms with Crippen molar-refractivity contribution in [3.63, 3.8) is 0 Å². The number of nitrogens with zero attached hydrogens (tertiary/aromatic N) is 5. The van der Waals surface area contributed by atoms with Gasteiger partial charge in [-0.1, -0.05) is 0 Å². The number of nitrogens with one attached hydrogen (secondary N) is 1. The zero-order valence-corrected chi connectivity index (χ0v) is 13.8. The molecule has 22 heavy (non-hydrogen) atoms. The second-order valence-electron chi connectivity index (χ2n) is 6.45. The molecule has 0 saturated carbocycles. The summed E-state index contributed by atoms with van der Waals surface area (Å²) in [6.45, 7) is 5.73. The van der Waals surface area contributed by atoms with E-state index in [0.29, 0.717) is 22.9 Å². The Labute approximate surface area is 129 Å². The fraction of sp³-hybridized carbons (Fsp3) is 0.714. The van der Waals surface area contributed by atoms with E-state index < -0.39 is 5.60 Å². The molecule has 0 radical (unpaired) electrons. The summed E-state index contributed by atoms with van der Waals surface area (Å²) in [5, 5.41) is 20.6. The number of hydrogen-bond acceptors (Lipinski definition) is 8. The summed E-state index contributed by atoms with van der Waals surface area (Å²) < 4.78 is 4.66. The molecule has 2 heterocycles. The van der Waals surface area contributed by atoms with Crippen molar-refractivity contribution in [1.82, 2.24) is 20.3 Å². The first-order chi connectivity index (χ1) is 10.3. The molecule has 0 spiro atoms. The smallest absolute Gasteiger partial charge is 0.245 e. The van der Waals surface area contributed by atoms with Gasteiger partial charge in [-0.05, 0) is 50.3 Å². The van der Waals surface area contributed by atoms with E-state index in [9.17, 15) is 5.11 Å². The Hall–Kier alpha value is -1.96. The normalized spacial score (nSPS) is 13.4. The van der Waals surface area contributed by atoms with Crippen LogP contribution in [-0.4, -0.2) is 51.1 Å². The molecule has 0 saturated heterocycles. The average Bonchev–Trinajstić information content (AvgIpc) is 2.83. The molecule has 2 aromatic heterocycles. The third-order valence-electron chi connectivity index (χ3n) is 3.33. The van der Waals surface area contributed by atoms with Crippen LogP contribution in [0.1, 0.15) is 40.0 Å². The molecule has 0 aromatic carbocycles. The van der Waals surface area contributed by atoms with Crippen LogP contribution in [0.5, 0.6) is 0 Å². The Kier molecular flexibility index (Phi) is 4.80. The largest absolute Gasteiger partial charge is 0.390 e. The summed E-state index contributed by atoms with van der Waals surface area (Å²) in [5.74, 6) is 1.35. The summed E-state index contributed by atoms with van der Waals surface area (Å²) in [6.07, 6.45) is 2.61. The van der Waals surface area contributed by atoms with Gasteiger partial charge in [-0.2, -0.15) is 0 Å². The van der Waals surface area contributed by atoms with Gasteiger partial charge in [-0.3, -0.25) is 0 Å². The molecule has 0 aliphatic carbocycles. The van der Waals surface area contributed by atoms with Crippen LogP contribution < -0.4 is 10.2 Å². The Morgan fingerprint density at radius 2 is 1.86 bits per heavy atom. The molecule has 0 bridgehead atoms. The third kappa shape index (κ3) is 4.27. The molecule has 2 rings (SSSR count). The van der Waals surface area contributed by atoms with Crippen LogP contribution in [0.25, 0.3) is 11.3 Å². The zero-order chi connectivity index (χ0) is 16.3. The first-order valence-electron chi connectivity index (χ1n) is 7.43. The van der Waals surface area contributed by atoms with E-state index in [2.05, 4.69) is 37.2 Å². The average molecular weight is 308 g/mol. The number of aromatic nitrogens is 4. The summed E-state index contributed by atoms with van der Waals surface area (Å²) in [7, 11) is 3.79. The number of hydrogen-bond donors (Lipinski definition) is 2. The first kappa shape index (κ1) is 16.4. The molecule has 0 aliphatic rings. The van der Waals surface area contributed by atoms with Crippen molar-refractivity contribution < 1.29 is 9.74 Å². The Morgan fingerprint density at radius 3 is 2.45 bits per heavy atom. The highest BCUT2D eigenvalue weighted by molar-refractivity contribution is 5.73. The summed E-state index contributed by atoms with van der Waals surface area (Å²) >= 11 is 0. The molecular formula is C14H24N6O2. The maximum absolute atomic E-state index is 9.76. The van der Waals surface area contributed by atoms with Crippen LogP contribution in [0, 0.1) is 0 Å². The van der Waals surface area contributed by atoms with E-state index in [-0.39, 0.29) is 6.04 Å². The SMILES string of the molecule is C[C@@H](CCCC(C)(C)O)Nc1nc2nonc2nc1N(C)C. The van der Waals surface area contributed by atoms with Crippen LogP contribution in [0.4, 0.5) is 11.6 Å². The molecule has 8 heteroatoms. The Bertz CT molecular complexity index is 619. The molecule has 2 aromatic rings. The van der Waals surface area contributed by atoms with Gasteiger partial charge in [0.25, 0.3) is 0 Å². The highest BCUT2D eigenvalue weighted by Gasteiger charge is 2.17. The van der Waals surface area contributed by atoms with Crippen molar-refractivity contribution in [2.45, 2.75) is 51.7 Å². The number of rotatable bonds is 7. The maximum Gasteiger partial charge on any atom is 0.245 e. The molecular weight excluding hydrogens is 284 g/mol. The van der Waals surface area contributed by atoms with Crippen LogP contribution >= 0.6 is 0 Å². The van der Waals surface area contributed by atoms with Crippen molar-refractivity contribution in [3.05, 3.63) is 0 Å². The van der Waals surface area contributed by atoms with E-state index in [0.717, 1.165) is 19.3 Å². The molecule has 0 amide bonds. The summed E-state index contributed by atoms with van der Waals surface area (Å²) in [4.78, 5) is 10.7. The number of aliphatic hydroxyl groups is 1. The second-order valence-corrected chi connectivity index (χ2v) is 6.45. The van der Waals surface area contributed by atoms with Gasteiger partial charge in [-0.15, -0.1) is 0 Å². The van der Waals surface area contributed by atoms with Gasteiger partial charge in [0.2, 0.25) is 11.3 Å². The fourth-order valence-electron chi connectivity index (χ4n) is 2.18. The summed E-state index contributed by atoms with van der Waals surface area (Å²) in [6, 6.07) is 0.202. The highest BCUT2D eigenvalue weighted by Crippen LogP contribution is 2.23. The lowest BCUT2D eigenvalue weighted by atomic mass is 10.00. The van der Waals surface area contributed by atoms with Gasteiger partial charge >= 0.3 is 0 Å². The Balaban J connectivity index is 2.07. The predicted octanol–water partition coefficient (Wildman–Crippen LogP) is 1.82. The van der Waals surface area contributed by atoms with Crippen molar-refractivity contribution in [3.8, 4) is 0 Å². The minimum atomic E-state index is -0.625. The fourth-order valence-corrected chi connectivity index (χ4v) is 2.18. The van der Waals surface area contributed by atoms with Crippen LogP contribution in [-0.2, 0) is 0 Å². The van der Waals surface area contributed by atoms with E-state index in [4.69, 9.17) is 0 Å². The third-order valence-corrected chi connectivity index (χ3v) is 3.33. The lowest BCUT2D eigenvalue weighted by molar-refractivity contribution is 0.0680. The summed E-state index contributed by atoms with van der Waals surface area (Å²) in [5.41, 5.74) is 0.153. The first-order valence-corrected chi connectivity index (χ1v) is 7.43. The molecule has 1 atom stereocenters. The van der Waals surface area contributed by atoms with Crippen molar-refractivity contribution in [2.75, 3.05) is 24.3 Å². The van der Waals surface area contributed by atoms with Crippen LogP contribution in [0.2, 0.25) is 0 Å². The zero-order valence-electron chi connectivity index (χ0n) is 13.8. The predicted molar refractivity (Wildman–Crippen MR) is 85.0 cm³/mol. The van der Waals surface area contributed by atoms with Gasteiger partial charge in [0.05, 0.1) is 5.60 Å². The van der Waals surface area contributed by atoms with Gasteiger partial charge < -0.3 is 15.3 Å². The van der Waals surface area contributed by atoms with Crippen LogP contribution in [0.3, 0.4) is 0 Å². The maximum atomic E-state index is 9.76. The van der Waals surface area contributed by atoms with Crippen molar-refractivity contribution in [2.24, 2.45) is 0 Å². The van der Waals surface area contributed by atoms with E-state index >= 15 is 0 Å². The van der Waals surface area contributed by atoms with Gasteiger partial charge in [-0.25, -0.2) is 14.6 Å². The van der Waals surface area contributed by atoms with E-state index in [1.54, 1.807) is 0 Å². The highest BCUT2D eigenvalue weighted by atomic mass is 16.6. The van der Waals surface area contributed by atoms with E-state index in [1.165, 1.54) is 0 Å². The van der Waals surface area contributed by atoms with Gasteiger partial charge in [0, 0.05) is 20.1 Å². The number of anilines is 2. The molecule has 2 N–H and O–H groups in total. The van der Waals surface area contributed by atoms with E-state index in [1.807, 2.05) is 32.8 Å². The molecule has 8 nitrogen and oxygen atoms in total. The lowest BCUT2D eigenvalue weighted by Gasteiger charge is -2.21.